The molecule has 4 saturated carbocycles. The largest absolute Gasteiger partial charge is 0.355 e. The van der Waals surface area contributed by atoms with Crippen molar-refractivity contribution >= 4 is 46.4 Å². The fourth-order valence-electron chi connectivity index (χ4n) is 10.6. The van der Waals surface area contributed by atoms with Crippen molar-refractivity contribution in [3.8, 4) is 0 Å². The van der Waals surface area contributed by atoms with Gasteiger partial charge in [0.1, 0.15) is 0 Å². The first-order chi connectivity index (χ1) is 23.8. The Hall–Kier alpha value is -3.40. The third-order valence-electron chi connectivity index (χ3n) is 13.0. The topological polar surface area (TPSA) is 57.4 Å². The molecule has 2 N–H and O–H groups in total. The van der Waals surface area contributed by atoms with Crippen LogP contribution in [0, 0.1) is 0 Å². The van der Waals surface area contributed by atoms with Crippen LogP contribution in [0.4, 0.5) is 0 Å². The van der Waals surface area contributed by atoms with E-state index in [2.05, 4.69) is 58.5 Å². The summed E-state index contributed by atoms with van der Waals surface area (Å²) in [5.41, 5.74) is 15.7. The second-order valence-electron chi connectivity index (χ2n) is 16.0. The van der Waals surface area contributed by atoms with Gasteiger partial charge in [-0.1, -0.05) is 77.0 Å². The van der Waals surface area contributed by atoms with Gasteiger partial charge in [0, 0.05) is 44.3 Å². The first-order valence-corrected chi connectivity index (χ1v) is 20.0. The van der Waals surface area contributed by atoms with E-state index in [-0.39, 0.29) is 0 Å². The highest BCUT2D eigenvalue weighted by molar-refractivity contribution is 5.84. The summed E-state index contributed by atoms with van der Waals surface area (Å²) in [7, 11) is 0. The van der Waals surface area contributed by atoms with Crippen molar-refractivity contribution in [1.82, 2.24) is 19.9 Å². The number of nitrogens with zero attached hydrogens (tertiary/aromatic N) is 2. The molecule has 0 radical (unpaired) electrons. The number of fused-ring (bicyclic) bond motifs is 8. The normalized spacial score (nSPS) is 21.7. The van der Waals surface area contributed by atoms with Gasteiger partial charge in [0.15, 0.2) is 0 Å². The number of aromatic nitrogens is 4. The molecule has 0 amide bonds. The van der Waals surface area contributed by atoms with E-state index >= 15 is 0 Å². The van der Waals surface area contributed by atoms with Gasteiger partial charge >= 0.3 is 0 Å². The van der Waals surface area contributed by atoms with Crippen molar-refractivity contribution in [2.75, 3.05) is 0 Å². The zero-order valence-corrected chi connectivity index (χ0v) is 29.0. The molecule has 2 aliphatic heterocycles. The van der Waals surface area contributed by atoms with Gasteiger partial charge in [0.05, 0.1) is 22.8 Å². The van der Waals surface area contributed by atoms with Gasteiger partial charge in [0.25, 0.3) is 0 Å². The van der Waals surface area contributed by atoms with E-state index in [0.29, 0.717) is 23.7 Å². The van der Waals surface area contributed by atoms with Crippen molar-refractivity contribution in [1.29, 1.82) is 0 Å². The van der Waals surface area contributed by atoms with Crippen LogP contribution in [0.15, 0.2) is 24.3 Å². The van der Waals surface area contributed by atoms with Crippen LogP contribution in [0.2, 0.25) is 0 Å². The molecule has 8 bridgehead atoms. The van der Waals surface area contributed by atoms with E-state index in [1.165, 1.54) is 196 Å². The molecular formula is C44H54N4. The summed E-state index contributed by atoms with van der Waals surface area (Å²) < 4.78 is 0. The van der Waals surface area contributed by atoms with Crippen molar-refractivity contribution in [3.63, 3.8) is 0 Å². The number of nitrogens with one attached hydrogen (secondary N) is 2. The lowest BCUT2D eigenvalue weighted by Gasteiger charge is -2.24. The molecule has 4 fully saturated rings. The standard InChI is InChI=1S/C44H54N4/c1-5-13-29(14-6-1)41-33-21-23-35(45-33)42(30-15-7-2-8-16-30)37-25-27-39(47-37)44(32-19-11-4-12-20-32)40-28-26-38(48-40)43(31-17-9-3-10-18-31)36-24-22-34(41)46-36/h21-32,45,48H,1-20H2. The Balaban J connectivity index is 1.37. The minimum Gasteiger partial charge on any atom is -0.355 e. The van der Waals surface area contributed by atoms with E-state index in [1.54, 1.807) is 0 Å². The molecule has 5 heterocycles. The maximum Gasteiger partial charge on any atom is 0.0693 e. The second-order valence-corrected chi connectivity index (χ2v) is 16.0. The predicted octanol–water partition coefficient (Wildman–Crippen LogP) is 12.8. The summed E-state index contributed by atoms with van der Waals surface area (Å²) in [6.45, 7) is 0. The Morgan fingerprint density at radius 2 is 0.562 bits per heavy atom. The highest BCUT2D eigenvalue weighted by Gasteiger charge is 2.28. The molecule has 0 spiro atoms. The molecular weight excluding hydrogens is 585 g/mol. The fourth-order valence-corrected chi connectivity index (χ4v) is 10.6. The third-order valence-corrected chi connectivity index (χ3v) is 13.0. The molecule has 6 aliphatic rings. The second kappa shape index (κ2) is 13.5. The highest BCUT2D eigenvalue weighted by Crippen LogP contribution is 2.43. The lowest BCUT2D eigenvalue weighted by atomic mass is 9.83. The Bertz CT molecular complexity index is 1600. The number of hydrogen-bond donors (Lipinski definition) is 2. The molecule has 3 aromatic rings. The van der Waals surface area contributed by atoms with Crippen LogP contribution >= 0.6 is 0 Å². The summed E-state index contributed by atoms with van der Waals surface area (Å²) in [6.07, 6.45) is 35.5. The van der Waals surface area contributed by atoms with Gasteiger partial charge in [0.2, 0.25) is 0 Å². The first kappa shape index (κ1) is 30.6. The molecule has 4 nitrogen and oxygen atoms in total. The van der Waals surface area contributed by atoms with Crippen molar-refractivity contribution < 1.29 is 0 Å². The SMILES string of the molecule is C1=Cc2nc1c(C1CCCCC1)c1ccc([nH]1)c(C1CCCCC1)c1nc(c(C3CCCCC3)c3ccc([nH]3)c2C2CCCCC2)C=C1. The Labute approximate surface area is 287 Å². The van der Waals surface area contributed by atoms with Crippen LogP contribution in [-0.4, -0.2) is 19.9 Å². The van der Waals surface area contributed by atoms with E-state index in [9.17, 15) is 0 Å². The lowest BCUT2D eigenvalue weighted by molar-refractivity contribution is 0.442. The molecule has 3 aromatic heterocycles. The first-order valence-electron chi connectivity index (χ1n) is 20.0. The lowest BCUT2D eigenvalue weighted by Crippen LogP contribution is -2.09. The zero-order valence-electron chi connectivity index (χ0n) is 29.0. The minimum absolute atomic E-state index is 0.552. The quantitative estimate of drug-likeness (QED) is 0.206. The summed E-state index contributed by atoms with van der Waals surface area (Å²) in [5.74, 6) is 2.21. The number of hydrogen-bond acceptors (Lipinski definition) is 2. The number of rotatable bonds is 4. The molecule has 4 heteroatoms. The Morgan fingerprint density at radius 1 is 0.333 bits per heavy atom. The summed E-state index contributed by atoms with van der Waals surface area (Å²) in [6, 6.07) is 9.56. The van der Waals surface area contributed by atoms with E-state index in [0.717, 1.165) is 0 Å². The van der Waals surface area contributed by atoms with Crippen LogP contribution in [0.25, 0.3) is 46.4 Å². The molecule has 48 heavy (non-hydrogen) atoms. The smallest absolute Gasteiger partial charge is 0.0693 e. The Kier molecular flexibility index (Phi) is 8.61. The van der Waals surface area contributed by atoms with Gasteiger partial charge in [-0.05, 0) is 124 Å². The van der Waals surface area contributed by atoms with Crippen LogP contribution < -0.4 is 0 Å². The summed E-state index contributed by atoms with van der Waals surface area (Å²) in [4.78, 5) is 19.3. The average molecular weight is 639 g/mol. The molecule has 0 atom stereocenters. The van der Waals surface area contributed by atoms with E-state index in [4.69, 9.17) is 9.97 Å². The van der Waals surface area contributed by atoms with Crippen LogP contribution in [0.1, 0.15) is 197 Å². The van der Waals surface area contributed by atoms with Gasteiger partial charge in [-0.2, -0.15) is 0 Å². The zero-order chi connectivity index (χ0) is 31.9. The number of aromatic amines is 2. The van der Waals surface area contributed by atoms with E-state index < -0.39 is 0 Å². The number of H-pyrrole nitrogens is 2. The molecule has 4 aliphatic carbocycles. The molecule has 9 rings (SSSR count). The van der Waals surface area contributed by atoms with Crippen LogP contribution in [-0.2, 0) is 0 Å². The Morgan fingerprint density at radius 3 is 0.792 bits per heavy atom. The summed E-state index contributed by atoms with van der Waals surface area (Å²) >= 11 is 0. The monoisotopic (exact) mass is 638 g/mol. The van der Waals surface area contributed by atoms with Crippen LogP contribution in [0.5, 0.6) is 0 Å². The average Bonchev–Trinajstić information content (AvgIpc) is 3.98. The van der Waals surface area contributed by atoms with Gasteiger partial charge < -0.3 is 9.97 Å². The third kappa shape index (κ3) is 5.81. The molecule has 0 saturated heterocycles. The molecule has 0 aromatic carbocycles. The van der Waals surface area contributed by atoms with Crippen molar-refractivity contribution in [3.05, 3.63) is 69.3 Å². The van der Waals surface area contributed by atoms with E-state index in [1.807, 2.05) is 0 Å². The van der Waals surface area contributed by atoms with Gasteiger partial charge in [-0.15, -0.1) is 0 Å². The molecule has 0 unspecified atom stereocenters. The highest BCUT2D eigenvalue weighted by atomic mass is 14.8. The maximum absolute atomic E-state index is 5.61. The fraction of sp³-hybridized carbons (Fsp3) is 0.545. The maximum atomic E-state index is 5.61. The van der Waals surface area contributed by atoms with Crippen molar-refractivity contribution in [2.24, 2.45) is 0 Å². The predicted molar refractivity (Wildman–Crippen MR) is 202 cm³/mol. The van der Waals surface area contributed by atoms with Gasteiger partial charge in [-0.25, -0.2) is 9.97 Å². The van der Waals surface area contributed by atoms with Crippen LogP contribution in [0.3, 0.4) is 0 Å². The van der Waals surface area contributed by atoms with Gasteiger partial charge in [-0.3, -0.25) is 0 Å². The molecule has 250 valence electrons. The summed E-state index contributed by atoms with van der Waals surface area (Å²) in [5, 5.41) is 0. The minimum atomic E-state index is 0.552. The van der Waals surface area contributed by atoms with Crippen molar-refractivity contribution in [2.45, 2.75) is 152 Å².